The summed E-state index contributed by atoms with van der Waals surface area (Å²) >= 11 is 0. The normalized spacial score (nSPS) is 17.4. The molecule has 2 saturated heterocycles. The first-order valence-electron chi connectivity index (χ1n) is 11.2. The predicted molar refractivity (Wildman–Crippen MR) is 126 cm³/mol. The van der Waals surface area contributed by atoms with E-state index in [1.54, 1.807) is 36.4 Å². The van der Waals surface area contributed by atoms with Gasteiger partial charge in [0.05, 0.1) is 36.2 Å². The number of anilines is 2. The van der Waals surface area contributed by atoms with Gasteiger partial charge in [0.25, 0.3) is 5.91 Å². The van der Waals surface area contributed by atoms with Gasteiger partial charge in [0.2, 0.25) is 10.0 Å². The van der Waals surface area contributed by atoms with Crippen LogP contribution in [0.4, 0.5) is 11.4 Å². The van der Waals surface area contributed by atoms with Gasteiger partial charge in [-0.2, -0.15) is 9.57 Å². The number of amides is 1. The second-order valence-electron chi connectivity index (χ2n) is 8.23. The van der Waals surface area contributed by atoms with Gasteiger partial charge in [0.1, 0.15) is 0 Å². The van der Waals surface area contributed by atoms with Crippen molar-refractivity contribution >= 4 is 27.3 Å². The van der Waals surface area contributed by atoms with Gasteiger partial charge in [-0.15, -0.1) is 0 Å². The zero-order valence-corrected chi connectivity index (χ0v) is 19.3. The van der Waals surface area contributed by atoms with Gasteiger partial charge in [-0.3, -0.25) is 4.79 Å². The monoisotopic (exact) mass is 468 g/mol. The molecular formula is C24H28N4O4S. The maximum absolute atomic E-state index is 13.3. The van der Waals surface area contributed by atoms with Crippen LogP contribution in [0.15, 0.2) is 47.4 Å². The fourth-order valence-electron chi connectivity index (χ4n) is 4.20. The van der Waals surface area contributed by atoms with Crippen LogP contribution in [0.2, 0.25) is 0 Å². The fourth-order valence-corrected chi connectivity index (χ4v) is 5.63. The number of nitrogens with one attached hydrogen (secondary N) is 1. The van der Waals surface area contributed by atoms with Gasteiger partial charge in [-0.05, 0) is 55.2 Å². The van der Waals surface area contributed by atoms with Crippen molar-refractivity contribution in [2.75, 3.05) is 49.6 Å². The van der Waals surface area contributed by atoms with Crippen molar-refractivity contribution in [2.24, 2.45) is 0 Å². The summed E-state index contributed by atoms with van der Waals surface area (Å²) in [5, 5.41) is 11.7. The Bertz CT molecular complexity index is 1130. The molecule has 1 amide bonds. The molecule has 2 fully saturated rings. The minimum Gasteiger partial charge on any atom is -0.379 e. The molecule has 0 bridgehead atoms. The van der Waals surface area contributed by atoms with Crippen LogP contribution in [0.25, 0.3) is 0 Å². The van der Waals surface area contributed by atoms with Crippen LogP contribution < -0.4 is 10.2 Å². The maximum Gasteiger partial charge on any atom is 0.257 e. The Morgan fingerprint density at radius 2 is 1.70 bits per heavy atom. The molecule has 2 aliphatic heterocycles. The topological polar surface area (TPSA) is 103 Å². The van der Waals surface area contributed by atoms with Gasteiger partial charge < -0.3 is 15.0 Å². The van der Waals surface area contributed by atoms with E-state index in [0.29, 0.717) is 44.0 Å². The second kappa shape index (κ2) is 10.3. The first-order valence-corrected chi connectivity index (χ1v) is 12.7. The molecule has 2 aromatic rings. The number of hydrogen-bond acceptors (Lipinski definition) is 6. The van der Waals surface area contributed by atoms with Crippen LogP contribution in [0.5, 0.6) is 0 Å². The minimum absolute atomic E-state index is 0.111. The van der Waals surface area contributed by atoms with Gasteiger partial charge >= 0.3 is 0 Å². The summed E-state index contributed by atoms with van der Waals surface area (Å²) in [6.07, 6.45) is 3.52. The second-order valence-corrected chi connectivity index (χ2v) is 10.2. The van der Waals surface area contributed by atoms with Crippen molar-refractivity contribution in [2.45, 2.75) is 30.6 Å². The predicted octanol–water partition coefficient (Wildman–Crippen LogP) is 3.02. The van der Waals surface area contributed by atoms with E-state index < -0.39 is 10.0 Å². The first-order chi connectivity index (χ1) is 16.0. The zero-order valence-electron chi connectivity index (χ0n) is 18.5. The summed E-state index contributed by atoms with van der Waals surface area (Å²) in [5.41, 5.74) is 2.54. The number of sulfonamides is 1. The van der Waals surface area contributed by atoms with Crippen LogP contribution in [0.1, 0.15) is 35.2 Å². The third-order valence-electron chi connectivity index (χ3n) is 6.01. The van der Waals surface area contributed by atoms with E-state index in [1.165, 1.54) is 10.4 Å². The summed E-state index contributed by atoms with van der Waals surface area (Å²) in [4.78, 5) is 15.6. The minimum atomic E-state index is -3.73. The van der Waals surface area contributed by atoms with Crippen LogP contribution in [-0.2, 0) is 21.2 Å². The van der Waals surface area contributed by atoms with Crippen LogP contribution in [0, 0.1) is 11.3 Å². The molecule has 0 spiro atoms. The standard InChI is InChI=1S/C24H28N4O4S/c25-11-10-19-4-6-20(7-5-19)26-24(29)22-18-21(33(30,31)28-14-16-32-17-15-28)8-9-23(22)27-12-2-1-3-13-27/h4-9,18H,1-3,10,12-17H2,(H,26,29). The average Bonchev–Trinajstić information content (AvgIpc) is 2.86. The van der Waals surface area contributed by atoms with Gasteiger partial charge in [-0.25, -0.2) is 8.42 Å². The summed E-state index contributed by atoms with van der Waals surface area (Å²) < 4.78 is 33.1. The number of morpholine rings is 1. The molecule has 4 rings (SSSR count). The van der Waals surface area contributed by atoms with E-state index in [-0.39, 0.29) is 10.8 Å². The lowest BCUT2D eigenvalue weighted by atomic mass is 10.1. The number of benzene rings is 2. The van der Waals surface area contributed by atoms with Gasteiger partial charge in [0.15, 0.2) is 0 Å². The van der Waals surface area contributed by atoms with Crippen molar-refractivity contribution < 1.29 is 17.9 Å². The molecule has 9 heteroatoms. The fraction of sp³-hybridized carbons (Fsp3) is 0.417. The lowest BCUT2D eigenvalue weighted by Gasteiger charge is -2.31. The molecule has 0 aromatic heterocycles. The number of carbonyl (C=O) groups is 1. The number of nitrogens with zero attached hydrogens (tertiary/aromatic N) is 3. The highest BCUT2D eigenvalue weighted by Crippen LogP contribution is 2.29. The van der Waals surface area contributed by atoms with Gasteiger partial charge in [-0.1, -0.05) is 12.1 Å². The van der Waals surface area contributed by atoms with Crippen molar-refractivity contribution in [3.8, 4) is 6.07 Å². The molecule has 0 atom stereocenters. The third kappa shape index (κ3) is 5.36. The zero-order chi connectivity index (χ0) is 23.3. The molecule has 8 nitrogen and oxygen atoms in total. The number of rotatable bonds is 6. The molecule has 0 saturated carbocycles. The van der Waals surface area contributed by atoms with Crippen molar-refractivity contribution in [1.82, 2.24) is 4.31 Å². The highest BCUT2D eigenvalue weighted by molar-refractivity contribution is 7.89. The molecular weight excluding hydrogens is 440 g/mol. The average molecular weight is 469 g/mol. The van der Waals surface area contributed by atoms with Crippen LogP contribution >= 0.6 is 0 Å². The third-order valence-corrected chi connectivity index (χ3v) is 7.91. The van der Waals surface area contributed by atoms with E-state index in [9.17, 15) is 13.2 Å². The Kier molecular flexibility index (Phi) is 7.28. The van der Waals surface area contributed by atoms with E-state index >= 15 is 0 Å². The molecule has 0 aliphatic carbocycles. The van der Waals surface area contributed by atoms with Crippen molar-refractivity contribution in [3.63, 3.8) is 0 Å². The largest absolute Gasteiger partial charge is 0.379 e. The summed E-state index contributed by atoms with van der Waals surface area (Å²) in [6.45, 7) is 2.98. The first kappa shape index (κ1) is 23.2. The Labute approximate surface area is 194 Å². The Hall–Kier alpha value is -2.93. The molecule has 2 heterocycles. The highest BCUT2D eigenvalue weighted by Gasteiger charge is 2.29. The highest BCUT2D eigenvalue weighted by atomic mass is 32.2. The van der Waals surface area contributed by atoms with E-state index in [2.05, 4.69) is 16.3 Å². The number of piperidine rings is 1. The maximum atomic E-state index is 13.3. The molecule has 2 aliphatic rings. The van der Waals surface area contributed by atoms with Crippen molar-refractivity contribution in [3.05, 3.63) is 53.6 Å². The summed E-state index contributed by atoms with van der Waals surface area (Å²) in [7, 11) is -3.73. The van der Waals surface area contributed by atoms with E-state index in [4.69, 9.17) is 10.00 Å². The smallest absolute Gasteiger partial charge is 0.257 e. The van der Waals surface area contributed by atoms with E-state index in [1.807, 2.05) is 0 Å². The lowest BCUT2D eigenvalue weighted by molar-refractivity contribution is 0.0730. The van der Waals surface area contributed by atoms with Gasteiger partial charge in [0, 0.05) is 37.6 Å². The quantitative estimate of drug-likeness (QED) is 0.699. The molecule has 2 aromatic carbocycles. The van der Waals surface area contributed by atoms with E-state index in [0.717, 1.165) is 43.6 Å². The Balaban J connectivity index is 1.65. The number of nitriles is 1. The summed E-state index contributed by atoms with van der Waals surface area (Å²) in [5.74, 6) is -0.359. The Morgan fingerprint density at radius 1 is 1.00 bits per heavy atom. The number of hydrogen-bond donors (Lipinski definition) is 1. The summed E-state index contributed by atoms with van der Waals surface area (Å²) in [6, 6.07) is 14.0. The molecule has 174 valence electrons. The van der Waals surface area contributed by atoms with Crippen LogP contribution in [-0.4, -0.2) is 58.0 Å². The van der Waals surface area contributed by atoms with Crippen molar-refractivity contribution in [1.29, 1.82) is 5.26 Å². The molecule has 0 unspecified atom stereocenters. The molecule has 0 radical (unpaired) electrons. The SMILES string of the molecule is N#CCc1ccc(NC(=O)c2cc(S(=O)(=O)N3CCOCC3)ccc2N2CCCCC2)cc1. The number of carbonyl (C=O) groups excluding carboxylic acids is 1. The van der Waals surface area contributed by atoms with Crippen LogP contribution in [0.3, 0.4) is 0 Å². The number of ether oxygens (including phenoxy) is 1. The molecule has 33 heavy (non-hydrogen) atoms. The Morgan fingerprint density at radius 3 is 2.36 bits per heavy atom. The molecule has 1 N–H and O–H groups in total. The lowest BCUT2D eigenvalue weighted by Crippen LogP contribution is -2.40.